The van der Waals surface area contributed by atoms with Gasteiger partial charge in [-0.05, 0) is 24.9 Å². The number of hydrogen-bond acceptors (Lipinski definition) is 2. The van der Waals surface area contributed by atoms with E-state index in [0.29, 0.717) is 12.6 Å². The van der Waals surface area contributed by atoms with Crippen molar-refractivity contribution in [2.45, 2.75) is 45.2 Å². The van der Waals surface area contributed by atoms with Crippen LogP contribution in [0.3, 0.4) is 0 Å². The minimum atomic E-state index is 0.171. The first-order chi connectivity index (χ1) is 9.28. The van der Waals surface area contributed by atoms with Crippen LogP contribution in [0.5, 0.6) is 0 Å². The summed E-state index contributed by atoms with van der Waals surface area (Å²) in [4.78, 5) is 14.2. The van der Waals surface area contributed by atoms with E-state index in [-0.39, 0.29) is 5.91 Å². The van der Waals surface area contributed by atoms with Gasteiger partial charge < -0.3 is 5.32 Å². The summed E-state index contributed by atoms with van der Waals surface area (Å²) in [6.07, 6.45) is 4.81. The van der Waals surface area contributed by atoms with E-state index in [9.17, 15) is 4.79 Å². The maximum absolute atomic E-state index is 12.0. The number of rotatable bonds is 6. The maximum atomic E-state index is 12.0. The van der Waals surface area contributed by atoms with Crippen molar-refractivity contribution in [3.63, 3.8) is 0 Å². The number of hydrogen-bond donors (Lipinski definition) is 1. The number of benzene rings is 1. The first-order valence-electron chi connectivity index (χ1n) is 7.33. The van der Waals surface area contributed by atoms with E-state index in [1.54, 1.807) is 0 Å². The predicted molar refractivity (Wildman–Crippen MR) is 77.8 cm³/mol. The summed E-state index contributed by atoms with van der Waals surface area (Å²) >= 11 is 0. The van der Waals surface area contributed by atoms with Crippen molar-refractivity contribution in [2.24, 2.45) is 0 Å². The van der Waals surface area contributed by atoms with E-state index in [1.807, 2.05) is 18.2 Å². The molecule has 1 N–H and O–H groups in total. The first kappa shape index (κ1) is 14.1. The summed E-state index contributed by atoms with van der Waals surface area (Å²) in [5.74, 6) is 0.171. The van der Waals surface area contributed by atoms with Gasteiger partial charge >= 0.3 is 0 Å². The van der Waals surface area contributed by atoms with E-state index >= 15 is 0 Å². The molecule has 1 aliphatic rings. The van der Waals surface area contributed by atoms with E-state index in [4.69, 9.17) is 0 Å². The van der Waals surface area contributed by atoms with E-state index in [0.717, 1.165) is 25.9 Å². The molecule has 19 heavy (non-hydrogen) atoms. The molecule has 1 aromatic carbocycles. The van der Waals surface area contributed by atoms with Gasteiger partial charge in [-0.15, -0.1) is 0 Å². The topological polar surface area (TPSA) is 32.3 Å². The summed E-state index contributed by atoms with van der Waals surface area (Å²) in [5, 5.41) is 3.15. The molecule has 0 aliphatic heterocycles. The Hall–Kier alpha value is -1.35. The number of amides is 1. The monoisotopic (exact) mass is 260 g/mol. The lowest BCUT2D eigenvalue weighted by atomic mass is 10.2. The Balaban J connectivity index is 1.79. The van der Waals surface area contributed by atoms with Gasteiger partial charge in [0.05, 0.1) is 6.54 Å². The Morgan fingerprint density at radius 2 is 1.95 bits per heavy atom. The zero-order chi connectivity index (χ0) is 13.5. The van der Waals surface area contributed by atoms with Gasteiger partial charge in [0, 0.05) is 12.6 Å². The standard InChI is InChI=1S/C16H24N2O/c1-2-18(12-14-8-4-3-5-9-14)13-16(19)17-15-10-6-7-11-15/h3-5,8-9,15H,2,6-7,10-13H2,1H3,(H,17,19). The van der Waals surface area contributed by atoms with E-state index in [1.165, 1.54) is 18.4 Å². The molecule has 0 aromatic heterocycles. The largest absolute Gasteiger partial charge is 0.352 e. The van der Waals surface area contributed by atoms with E-state index in [2.05, 4.69) is 29.3 Å². The highest BCUT2D eigenvalue weighted by Crippen LogP contribution is 2.17. The minimum Gasteiger partial charge on any atom is -0.352 e. The Bertz CT molecular complexity index is 385. The van der Waals surface area contributed by atoms with Crippen LogP contribution in [0.25, 0.3) is 0 Å². The quantitative estimate of drug-likeness (QED) is 0.852. The van der Waals surface area contributed by atoms with Crippen molar-refractivity contribution in [1.29, 1.82) is 0 Å². The Kier molecular flexibility index (Phi) is 5.40. The SMILES string of the molecule is CCN(CC(=O)NC1CCCC1)Cc1ccccc1. The maximum Gasteiger partial charge on any atom is 0.234 e. The zero-order valence-electron chi connectivity index (χ0n) is 11.8. The molecular formula is C16H24N2O. The fourth-order valence-electron chi connectivity index (χ4n) is 2.67. The molecule has 1 fully saturated rings. The van der Waals surface area contributed by atoms with Gasteiger partial charge in [0.2, 0.25) is 5.91 Å². The number of likely N-dealkylation sites (N-methyl/N-ethyl adjacent to an activating group) is 1. The second-order valence-electron chi connectivity index (χ2n) is 5.34. The summed E-state index contributed by atoms with van der Waals surface area (Å²) in [7, 11) is 0. The molecule has 0 unspecified atom stereocenters. The van der Waals surface area contributed by atoms with Crippen LogP contribution in [0.15, 0.2) is 30.3 Å². The summed E-state index contributed by atoms with van der Waals surface area (Å²) in [6, 6.07) is 10.7. The van der Waals surface area contributed by atoms with E-state index < -0.39 is 0 Å². The normalized spacial score (nSPS) is 15.9. The van der Waals surface area contributed by atoms with Crippen LogP contribution in [-0.2, 0) is 11.3 Å². The third-order valence-corrected chi connectivity index (χ3v) is 3.78. The second kappa shape index (κ2) is 7.29. The van der Waals surface area contributed by atoms with Gasteiger partial charge in [-0.2, -0.15) is 0 Å². The molecule has 0 heterocycles. The molecule has 1 aliphatic carbocycles. The van der Waals surface area contributed by atoms with Gasteiger partial charge in [0.15, 0.2) is 0 Å². The molecule has 1 aromatic rings. The molecule has 3 heteroatoms. The second-order valence-corrected chi connectivity index (χ2v) is 5.34. The van der Waals surface area contributed by atoms with Crippen molar-refractivity contribution >= 4 is 5.91 Å². The third-order valence-electron chi connectivity index (χ3n) is 3.78. The van der Waals surface area contributed by atoms with Crippen LogP contribution in [0, 0.1) is 0 Å². The number of carbonyl (C=O) groups is 1. The molecule has 2 rings (SSSR count). The van der Waals surface area contributed by atoms with Gasteiger partial charge in [-0.1, -0.05) is 50.1 Å². The molecule has 0 atom stereocenters. The summed E-state index contributed by atoms with van der Waals surface area (Å²) in [6.45, 7) is 4.34. The Morgan fingerprint density at radius 3 is 2.58 bits per heavy atom. The van der Waals surface area contributed by atoms with Crippen LogP contribution in [0.2, 0.25) is 0 Å². The van der Waals surface area contributed by atoms with Crippen LogP contribution in [0.1, 0.15) is 38.2 Å². The molecule has 1 amide bonds. The molecular weight excluding hydrogens is 236 g/mol. The van der Waals surface area contributed by atoms with Crippen LogP contribution in [-0.4, -0.2) is 29.9 Å². The van der Waals surface area contributed by atoms with Crippen molar-refractivity contribution in [1.82, 2.24) is 10.2 Å². The number of nitrogens with zero attached hydrogens (tertiary/aromatic N) is 1. The lowest BCUT2D eigenvalue weighted by Gasteiger charge is -2.21. The zero-order valence-corrected chi connectivity index (χ0v) is 11.8. The van der Waals surface area contributed by atoms with Gasteiger partial charge in [-0.25, -0.2) is 0 Å². The molecule has 104 valence electrons. The lowest BCUT2D eigenvalue weighted by molar-refractivity contribution is -0.123. The molecule has 0 bridgehead atoms. The average Bonchev–Trinajstić information content (AvgIpc) is 2.92. The fourth-order valence-corrected chi connectivity index (χ4v) is 2.67. The van der Waals surface area contributed by atoms with Crippen LogP contribution >= 0.6 is 0 Å². The smallest absolute Gasteiger partial charge is 0.234 e. The molecule has 0 spiro atoms. The average molecular weight is 260 g/mol. The first-order valence-corrected chi connectivity index (χ1v) is 7.33. The van der Waals surface area contributed by atoms with Gasteiger partial charge in [-0.3, -0.25) is 9.69 Å². The molecule has 1 saturated carbocycles. The highest BCUT2D eigenvalue weighted by Gasteiger charge is 2.18. The number of nitrogens with one attached hydrogen (secondary N) is 1. The number of carbonyl (C=O) groups excluding carboxylic acids is 1. The Morgan fingerprint density at radius 1 is 1.26 bits per heavy atom. The van der Waals surface area contributed by atoms with Crippen molar-refractivity contribution in [3.8, 4) is 0 Å². The summed E-state index contributed by atoms with van der Waals surface area (Å²) in [5.41, 5.74) is 1.26. The fraction of sp³-hybridized carbons (Fsp3) is 0.562. The third kappa shape index (κ3) is 4.67. The Labute approximate surface area is 116 Å². The van der Waals surface area contributed by atoms with Crippen molar-refractivity contribution < 1.29 is 4.79 Å². The van der Waals surface area contributed by atoms with Crippen molar-refractivity contribution in [2.75, 3.05) is 13.1 Å². The van der Waals surface area contributed by atoms with Gasteiger partial charge in [0.1, 0.15) is 0 Å². The molecule has 0 saturated heterocycles. The van der Waals surface area contributed by atoms with Crippen molar-refractivity contribution in [3.05, 3.63) is 35.9 Å². The molecule has 3 nitrogen and oxygen atoms in total. The highest BCUT2D eigenvalue weighted by molar-refractivity contribution is 5.78. The lowest BCUT2D eigenvalue weighted by Crippen LogP contribution is -2.40. The van der Waals surface area contributed by atoms with Crippen LogP contribution < -0.4 is 5.32 Å². The van der Waals surface area contributed by atoms with Crippen LogP contribution in [0.4, 0.5) is 0 Å². The minimum absolute atomic E-state index is 0.171. The predicted octanol–water partition coefficient (Wildman–Crippen LogP) is 2.57. The molecule has 0 radical (unpaired) electrons. The highest BCUT2D eigenvalue weighted by atomic mass is 16.2. The summed E-state index contributed by atoms with van der Waals surface area (Å²) < 4.78 is 0. The van der Waals surface area contributed by atoms with Gasteiger partial charge in [0.25, 0.3) is 0 Å².